The van der Waals surface area contributed by atoms with Crippen LogP contribution >= 0.6 is 12.4 Å². The molecule has 3 rings (SSSR count). The largest absolute Gasteiger partial charge is 0.497 e. The molecular formula is C17H25ClN2O3. The molecule has 2 fully saturated rings. The van der Waals surface area contributed by atoms with Crippen LogP contribution in [0.4, 0.5) is 0 Å². The lowest BCUT2D eigenvalue weighted by Crippen LogP contribution is -2.49. The van der Waals surface area contributed by atoms with Crippen molar-refractivity contribution in [2.75, 3.05) is 20.8 Å². The lowest BCUT2D eigenvalue weighted by Gasteiger charge is -2.35. The normalized spacial score (nSPS) is 25.4. The van der Waals surface area contributed by atoms with Crippen molar-refractivity contribution < 1.29 is 14.3 Å². The number of hydrogen-bond acceptors (Lipinski definition) is 4. The average Bonchev–Trinajstić information content (AvgIpc) is 2.90. The van der Waals surface area contributed by atoms with Crippen LogP contribution in [-0.4, -0.2) is 49.7 Å². The van der Waals surface area contributed by atoms with Gasteiger partial charge in [-0.3, -0.25) is 4.79 Å². The summed E-state index contributed by atoms with van der Waals surface area (Å²) in [5, 5.41) is 3.60. The number of nitrogens with zero attached hydrogens (tertiary/aromatic N) is 1. The number of fused-ring (bicyclic) bond motifs is 2. The molecule has 2 aliphatic rings. The fourth-order valence-electron chi connectivity index (χ4n) is 3.47. The van der Waals surface area contributed by atoms with E-state index in [1.165, 1.54) is 12.8 Å². The monoisotopic (exact) mass is 340 g/mol. The van der Waals surface area contributed by atoms with Gasteiger partial charge in [0.1, 0.15) is 11.5 Å². The van der Waals surface area contributed by atoms with Crippen molar-refractivity contribution in [3.8, 4) is 11.5 Å². The summed E-state index contributed by atoms with van der Waals surface area (Å²) in [5.41, 5.74) is 0. The zero-order valence-corrected chi connectivity index (χ0v) is 14.5. The van der Waals surface area contributed by atoms with E-state index < -0.39 is 0 Å². The molecule has 1 aromatic rings. The number of nitrogens with one attached hydrogen (secondary N) is 1. The zero-order chi connectivity index (χ0) is 15.5. The number of rotatable bonds is 5. The number of methoxy groups -OCH3 is 1. The summed E-state index contributed by atoms with van der Waals surface area (Å²) in [6, 6.07) is 8.80. The summed E-state index contributed by atoms with van der Waals surface area (Å²) in [5.74, 6) is 1.51. The molecule has 0 radical (unpaired) electrons. The molecule has 1 amide bonds. The van der Waals surface area contributed by atoms with E-state index in [0.29, 0.717) is 23.9 Å². The van der Waals surface area contributed by atoms with Gasteiger partial charge < -0.3 is 19.7 Å². The van der Waals surface area contributed by atoms with Crippen molar-refractivity contribution in [1.29, 1.82) is 0 Å². The smallest absolute Gasteiger partial charge is 0.260 e. The van der Waals surface area contributed by atoms with Crippen LogP contribution in [-0.2, 0) is 4.79 Å². The summed E-state index contributed by atoms with van der Waals surface area (Å²) >= 11 is 0. The number of carbonyl (C=O) groups excluding carboxylic acids is 1. The molecule has 2 aliphatic heterocycles. The summed E-state index contributed by atoms with van der Waals surface area (Å²) in [6.45, 7) is 0.0854. The molecule has 1 N–H and O–H groups in total. The number of ether oxygens (including phenoxy) is 2. The highest BCUT2D eigenvalue weighted by Gasteiger charge is 2.36. The predicted molar refractivity (Wildman–Crippen MR) is 91.5 cm³/mol. The highest BCUT2D eigenvalue weighted by atomic mass is 35.5. The van der Waals surface area contributed by atoms with Crippen LogP contribution in [0.3, 0.4) is 0 Å². The average molecular weight is 341 g/mol. The molecule has 0 saturated carbocycles. The van der Waals surface area contributed by atoms with Gasteiger partial charge in [0.25, 0.3) is 5.91 Å². The van der Waals surface area contributed by atoms with Crippen LogP contribution in [0.25, 0.3) is 0 Å². The Morgan fingerprint density at radius 2 is 1.74 bits per heavy atom. The van der Waals surface area contributed by atoms with E-state index in [2.05, 4.69) is 5.32 Å². The maximum atomic E-state index is 12.3. The van der Waals surface area contributed by atoms with Crippen molar-refractivity contribution in [2.24, 2.45) is 0 Å². The minimum Gasteiger partial charge on any atom is -0.497 e. The van der Waals surface area contributed by atoms with Gasteiger partial charge in [-0.05, 0) is 49.9 Å². The first-order chi connectivity index (χ1) is 10.7. The van der Waals surface area contributed by atoms with Gasteiger partial charge in [0.2, 0.25) is 0 Å². The molecule has 2 heterocycles. The van der Waals surface area contributed by atoms with Crippen molar-refractivity contribution in [3.63, 3.8) is 0 Å². The van der Waals surface area contributed by atoms with E-state index in [-0.39, 0.29) is 24.9 Å². The van der Waals surface area contributed by atoms with E-state index in [4.69, 9.17) is 9.47 Å². The first kappa shape index (κ1) is 17.9. The van der Waals surface area contributed by atoms with Gasteiger partial charge in [0.15, 0.2) is 6.61 Å². The fraction of sp³-hybridized carbons (Fsp3) is 0.588. The summed E-state index contributed by atoms with van der Waals surface area (Å²) in [6.07, 6.45) is 4.60. The quantitative estimate of drug-likeness (QED) is 0.893. The number of amides is 1. The van der Waals surface area contributed by atoms with Gasteiger partial charge in [-0.15, -0.1) is 12.4 Å². The molecule has 128 valence electrons. The van der Waals surface area contributed by atoms with Gasteiger partial charge in [0.05, 0.1) is 7.11 Å². The Labute approximate surface area is 143 Å². The second-order valence-electron chi connectivity index (χ2n) is 6.23. The molecule has 23 heavy (non-hydrogen) atoms. The number of hydrogen-bond donors (Lipinski definition) is 1. The van der Waals surface area contributed by atoms with Crippen LogP contribution in [0.5, 0.6) is 11.5 Å². The minimum absolute atomic E-state index is 0. The van der Waals surface area contributed by atoms with E-state index in [1.54, 1.807) is 7.11 Å². The van der Waals surface area contributed by atoms with Crippen LogP contribution in [0.1, 0.15) is 25.7 Å². The number of piperidine rings is 1. The highest BCUT2D eigenvalue weighted by molar-refractivity contribution is 5.85. The Balaban J connectivity index is 0.00000192. The van der Waals surface area contributed by atoms with Crippen LogP contribution in [0.2, 0.25) is 0 Å². The second kappa shape index (κ2) is 7.88. The second-order valence-corrected chi connectivity index (χ2v) is 6.23. The Morgan fingerprint density at radius 3 is 2.30 bits per heavy atom. The molecular weight excluding hydrogens is 316 g/mol. The first-order valence-electron chi connectivity index (χ1n) is 7.94. The molecule has 5 nitrogen and oxygen atoms in total. The van der Waals surface area contributed by atoms with E-state index in [9.17, 15) is 4.79 Å². The van der Waals surface area contributed by atoms with Crippen molar-refractivity contribution in [3.05, 3.63) is 24.3 Å². The maximum absolute atomic E-state index is 12.3. The van der Waals surface area contributed by atoms with Gasteiger partial charge >= 0.3 is 0 Å². The predicted octanol–water partition coefficient (Wildman–Crippen LogP) is 2.24. The number of benzene rings is 1. The van der Waals surface area contributed by atoms with Gasteiger partial charge in [-0.2, -0.15) is 0 Å². The molecule has 2 saturated heterocycles. The Kier molecular flexibility index (Phi) is 6.13. The Hall–Kier alpha value is -1.46. The highest BCUT2D eigenvalue weighted by Crippen LogP contribution is 2.29. The molecule has 0 spiro atoms. The summed E-state index contributed by atoms with van der Waals surface area (Å²) < 4.78 is 10.7. The molecule has 1 aromatic carbocycles. The SMILES string of the molecule is COc1ccc(OCC(=O)N(C)C2CC3CCC(C2)N3)cc1.Cl. The van der Waals surface area contributed by atoms with Crippen molar-refractivity contribution >= 4 is 18.3 Å². The molecule has 6 heteroatoms. The maximum Gasteiger partial charge on any atom is 0.260 e. The van der Waals surface area contributed by atoms with Gasteiger partial charge in [0, 0.05) is 25.2 Å². The van der Waals surface area contributed by atoms with Crippen LogP contribution in [0, 0.1) is 0 Å². The van der Waals surface area contributed by atoms with Crippen LogP contribution in [0.15, 0.2) is 24.3 Å². The van der Waals surface area contributed by atoms with Crippen molar-refractivity contribution in [1.82, 2.24) is 10.2 Å². The minimum atomic E-state index is 0. The van der Waals surface area contributed by atoms with Gasteiger partial charge in [-0.25, -0.2) is 0 Å². The topological polar surface area (TPSA) is 50.8 Å². The third-order valence-electron chi connectivity index (χ3n) is 4.81. The van der Waals surface area contributed by atoms with Gasteiger partial charge in [-0.1, -0.05) is 0 Å². The lowest BCUT2D eigenvalue weighted by atomic mass is 9.98. The van der Waals surface area contributed by atoms with E-state index >= 15 is 0 Å². The molecule has 2 bridgehead atoms. The standard InChI is InChI=1S/C17H24N2O3.ClH/c1-19(14-9-12-3-4-13(10-14)18-12)17(20)11-22-16-7-5-15(21-2)6-8-16;/h5-8,12-14,18H,3-4,9-11H2,1-2H3;1H. The molecule has 2 atom stereocenters. The van der Waals surface area contributed by atoms with Crippen molar-refractivity contribution in [2.45, 2.75) is 43.8 Å². The number of likely N-dealkylation sites (N-methyl/N-ethyl adjacent to an activating group) is 1. The summed E-state index contributed by atoms with van der Waals surface area (Å²) in [4.78, 5) is 14.2. The Bertz CT molecular complexity index is 511. The lowest BCUT2D eigenvalue weighted by molar-refractivity contribution is -0.134. The molecule has 2 unspecified atom stereocenters. The van der Waals surface area contributed by atoms with E-state index in [0.717, 1.165) is 18.6 Å². The molecule has 0 aromatic heterocycles. The number of halogens is 1. The molecule has 0 aliphatic carbocycles. The third kappa shape index (κ3) is 4.30. The van der Waals surface area contributed by atoms with Crippen LogP contribution < -0.4 is 14.8 Å². The fourth-order valence-corrected chi connectivity index (χ4v) is 3.47. The number of carbonyl (C=O) groups is 1. The first-order valence-corrected chi connectivity index (χ1v) is 7.94. The Morgan fingerprint density at radius 1 is 1.17 bits per heavy atom. The summed E-state index contributed by atoms with van der Waals surface area (Å²) in [7, 11) is 3.52. The third-order valence-corrected chi connectivity index (χ3v) is 4.81. The zero-order valence-electron chi connectivity index (χ0n) is 13.7. The van der Waals surface area contributed by atoms with E-state index in [1.807, 2.05) is 36.2 Å².